The number of benzene rings is 1. The SMILES string of the molecule is CCc1nc(C2CCCN(S(=O)(=O)c3ccc4c(c3)C(=O)NCC4)C2)no1. The van der Waals surface area contributed by atoms with Gasteiger partial charge in [0, 0.05) is 37.5 Å². The van der Waals surface area contributed by atoms with E-state index in [1.807, 2.05) is 6.92 Å². The second kappa shape index (κ2) is 7.05. The second-order valence-corrected chi connectivity index (χ2v) is 8.86. The molecule has 1 N–H and O–H groups in total. The van der Waals surface area contributed by atoms with Crippen molar-refractivity contribution in [2.75, 3.05) is 19.6 Å². The first-order valence-electron chi connectivity index (χ1n) is 9.23. The van der Waals surface area contributed by atoms with Crippen LogP contribution in [0.2, 0.25) is 0 Å². The van der Waals surface area contributed by atoms with Crippen molar-refractivity contribution in [2.24, 2.45) is 0 Å². The number of hydrogen-bond donors (Lipinski definition) is 1. The Hall–Kier alpha value is -2.26. The van der Waals surface area contributed by atoms with Crippen LogP contribution in [-0.2, 0) is 22.9 Å². The molecule has 1 fully saturated rings. The molecule has 27 heavy (non-hydrogen) atoms. The summed E-state index contributed by atoms with van der Waals surface area (Å²) in [5.41, 5.74) is 1.33. The van der Waals surface area contributed by atoms with Crippen molar-refractivity contribution >= 4 is 15.9 Å². The number of piperidine rings is 1. The summed E-state index contributed by atoms with van der Waals surface area (Å²) in [6, 6.07) is 4.83. The number of carbonyl (C=O) groups is 1. The van der Waals surface area contributed by atoms with Crippen molar-refractivity contribution in [2.45, 2.75) is 43.4 Å². The van der Waals surface area contributed by atoms with E-state index in [2.05, 4.69) is 15.5 Å². The minimum absolute atomic E-state index is 0.0847. The number of aryl methyl sites for hydroxylation is 1. The number of amides is 1. The second-order valence-electron chi connectivity index (χ2n) is 6.93. The maximum absolute atomic E-state index is 13.1. The number of sulfonamides is 1. The Morgan fingerprint density at radius 3 is 3.00 bits per heavy atom. The van der Waals surface area contributed by atoms with Gasteiger partial charge in [0.2, 0.25) is 15.9 Å². The molecule has 0 bridgehead atoms. The van der Waals surface area contributed by atoms with E-state index in [0.29, 0.717) is 49.8 Å². The largest absolute Gasteiger partial charge is 0.352 e. The van der Waals surface area contributed by atoms with Crippen LogP contribution < -0.4 is 5.32 Å². The van der Waals surface area contributed by atoms with Crippen molar-refractivity contribution < 1.29 is 17.7 Å². The molecule has 1 aromatic heterocycles. The molecule has 1 aromatic carbocycles. The van der Waals surface area contributed by atoms with Crippen LogP contribution in [0.4, 0.5) is 0 Å². The highest BCUT2D eigenvalue weighted by Crippen LogP contribution is 2.30. The quantitative estimate of drug-likeness (QED) is 0.848. The number of fused-ring (bicyclic) bond motifs is 1. The standard InChI is InChI=1S/C18H22N4O4S/c1-2-16-20-17(21-26-16)13-4-3-9-22(11-13)27(24,25)14-6-5-12-7-8-19-18(23)15(12)10-14/h5-6,10,13H,2-4,7-9,11H2,1H3,(H,19,23). The lowest BCUT2D eigenvalue weighted by atomic mass is 9.99. The lowest BCUT2D eigenvalue weighted by Crippen LogP contribution is -2.39. The van der Waals surface area contributed by atoms with Gasteiger partial charge in [-0.25, -0.2) is 8.42 Å². The van der Waals surface area contributed by atoms with Gasteiger partial charge < -0.3 is 9.84 Å². The zero-order valence-electron chi connectivity index (χ0n) is 15.1. The average molecular weight is 390 g/mol. The van der Waals surface area contributed by atoms with Gasteiger partial charge in [-0.2, -0.15) is 9.29 Å². The number of nitrogens with one attached hydrogen (secondary N) is 1. The Bertz CT molecular complexity index is 969. The Morgan fingerprint density at radius 2 is 2.22 bits per heavy atom. The molecule has 0 aliphatic carbocycles. The van der Waals surface area contributed by atoms with Crippen LogP contribution in [-0.4, -0.2) is 48.4 Å². The van der Waals surface area contributed by atoms with Crippen molar-refractivity contribution in [3.05, 3.63) is 41.0 Å². The van der Waals surface area contributed by atoms with Gasteiger partial charge in [-0.3, -0.25) is 4.79 Å². The normalized spacial score (nSPS) is 20.9. The molecule has 8 nitrogen and oxygen atoms in total. The van der Waals surface area contributed by atoms with E-state index in [1.165, 1.54) is 10.4 Å². The molecular formula is C18H22N4O4S. The summed E-state index contributed by atoms with van der Waals surface area (Å²) < 4.78 is 32.9. The minimum atomic E-state index is -3.69. The topological polar surface area (TPSA) is 105 Å². The Labute approximate surface area is 158 Å². The smallest absolute Gasteiger partial charge is 0.251 e. The summed E-state index contributed by atoms with van der Waals surface area (Å²) in [6.45, 7) is 3.27. The zero-order valence-corrected chi connectivity index (χ0v) is 16.0. The molecule has 3 heterocycles. The molecule has 1 saturated heterocycles. The zero-order chi connectivity index (χ0) is 19.0. The summed E-state index contributed by atoms with van der Waals surface area (Å²) >= 11 is 0. The first-order chi connectivity index (χ1) is 13.0. The van der Waals surface area contributed by atoms with Crippen molar-refractivity contribution in [3.63, 3.8) is 0 Å². The van der Waals surface area contributed by atoms with Gasteiger partial charge in [-0.1, -0.05) is 18.1 Å². The van der Waals surface area contributed by atoms with Crippen LogP contribution in [0.1, 0.15) is 53.3 Å². The molecule has 0 spiro atoms. The lowest BCUT2D eigenvalue weighted by molar-refractivity contribution is 0.0945. The molecule has 0 radical (unpaired) electrons. The summed E-state index contributed by atoms with van der Waals surface area (Å²) in [5.74, 6) is 0.824. The minimum Gasteiger partial charge on any atom is -0.352 e. The van der Waals surface area contributed by atoms with Crippen LogP contribution in [0.15, 0.2) is 27.6 Å². The first-order valence-corrected chi connectivity index (χ1v) is 10.7. The number of hydrogen-bond acceptors (Lipinski definition) is 6. The fourth-order valence-electron chi connectivity index (χ4n) is 3.65. The summed E-state index contributed by atoms with van der Waals surface area (Å²) in [7, 11) is -3.69. The molecule has 2 aliphatic rings. The summed E-state index contributed by atoms with van der Waals surface area (Å²) in [4.78, 5) is 16.6. The molecule has 4 rings (SSSR count). The molecule has 2 aromatic rings. The molecule has 1 unspecified atom stereocenters. The first kappa shape index (κ1) is 18.1. The van der Waals surface area contributed by atoms with Gasteiger partial charge in [-0.05, 0) is 37.0 Å². The summed E-state index contributed by atoms with van der Waals surface area (Å²) in [6.07, 6.45) is 2.91. The molecular weight excluding hydrogens is 368 g/mol. The van der Waals surface area contributed by atoms with Crippen molar-refractivity contribution in [1.29, 1.82) is 0 Å². The van der Waals surface area contributed by atoms with Crippen LogP contribution >= 0.6 is 0 Å². The average Bonchev–Trinajstić information content (AvgIpc) is 3.17. The van der Waals surface area contributed by atoms with Gasteiger partial charge in [0.25, 0.3) is 5.91 Å². The lowest BCUT2D eigenvalue weighted by Gasteiger charge is -2.30. The van der Waals surface area contributed by atoms with E-state index in [9.17, 15) is 13.2 Å². The van der Waals surface area contributed by atoms with Gasteiger partial charge in [0.1, 0.15) is 0 Å². The highest BCUT2D eigenvalue weighted by Gasteiger charge is 2.33. The Balaban J connectivity index is 1.60. The monoisotopic (exact) mass is 390 g/mol. The molecule has 0 saturated carbocycles. The van der Waals surface area contributed by atoms with Gasteiger partial charge in [0.15, 0.2) is 5.82 Å². The van der Waals surface area contributed by atoms with Crippen molar-refractivity contribution in [3.8, 4) is 0 Å². The van der Waals surface area contributed by atoms with Gasteiger partial charge in [-0.15, -0.1) is 0 Å². The molecule has 144 valence electrons. The molecule has 9 heteroatoms. The van der Waals surface area contributed by atoms with Crippen LogP contribution in [0, 0.1) is 0 Å². The number of carbonyl (C=O) groups excluding carboxylic acids is 1. The number of aromatic nitrogens is 2. The fourth-order valence-corrected chi connectivity index (χ4v) is 5.20. The third-order valence-electron chi connectivity index (χ3n) is 5.18. The van der Waals surface area contributed by atoms with Crippen LogP contribution in [0.25, 0.3) is 0 Å². The number of rotatable bonds is 4. The Kier molecular flexibility index (Phi) is 4.73. The molecule has 1 amide bonds. The molecule has 1 atom stereocenters. The highest BCUT2D eigenvalue weighted by atomic mass is 32.2. The van der Waals surface area contributed by atoms with E-state index < -0.39 is 10.0 Å². The van der Waals surface area contributed by atoms with E-state index in [-0.39, 0.29) is 16.7 Å². The third-order valence-corrected chi connectivity index (χ3v) is 7.04. The van der Waals surface area contributed by atoms with Crippen LogP contribution in [0.3, 0.4) is 0 Å². The van der Waals surface area contributed by atoms with Crippen LogP contribution in [0.5, 0.6) is 0 Å². The third kappa shape index (κ3) is 3.37. The van der Waals surface area contributed by atoms with E-state index >= 15 is 0 Å². The predicted octanol–water partition coefficient (Wildman–Crippen LogP) is 1.49. The highest BCUT2D eigenvalue weighted by molar-refractivity contribution is 7.89. The van der Waals surface area contributed by atoms with E-state index in [4.69, 9.17) is 4.52 Å². The maximum atomic E-state index is 13.1. The molecule has 2 aliphatic heterocycles. The van der Waals surface area contributed by atoms with Gasteiger partial charge >= 0.3 is 0 Å². The van der Waals surface area contributed by atoms with E-state index in [0.717, 1.165) is 18.4 Å². The van der Waals surface area contributed by atoms with Crippen molar-refractivity contribution in [1.82, 2.24) is 19.8 Å². The van der Waals surface area contributed by atoms with Gasteiger partial charge in [0.05, 0.1) is 4.90 Å². The maximum Gasteiger partial charge on any atom is 0.251 e. The number of nitrogens with zero attached hydrogens (tertiary/aromatic N) is 3. The summed E-state index contributed by atoms with van der Waals surface area (Å²) in [5, 5.41) is 6.77. The Morgan fingerprint density at radius 1 is 1.37 bits per heavy atom. The van der Waals surface area contributed by atoms with E-state index in [1.54, 1.807) is 12.1 Å². The predicted molar refractivity (Wildman–Crippen MR) is 96.9 cm³/mol. The fraction of sp³-hybridized carbons (Fsp3) is 0.500.